The molecule has 0 spiro atoms. The van der Waals surface area contributed by atoms with E-state index in [4.69, 9.17) is 0 Å². The Hall–Kier alpha value is -0.740. The highest BCUT2D eigenvalue weighted by atomic mass is 127. The Morgan fingerprint density at radius 2 is 1.19 bits per heavy atom. The Morgan fingerprint density at radius 1 is 0.704 bits per heavy atom. The number of halogens is 3. The molecule has 0 saturated carbocycles. The fraction of sp³-hybridized carbons (Fsp3) is 0.0870. The Balaban J connectivity index is 1.87. The number of benzene rings is 3. The van der Waals surface area contributed by atoms with Crippen LogP contribution in [0, 0.1) is 10.7 Å². The lowest BCUT2D eigenvalue weighted by Gasteiger charge is -2.09. The molecule has 0 amide bonds. The minimum Gasteiger partial charge on any atom is -0.289 e. The Labute approximate surface area is 201 Å². The monoisotopic (exact) mass is 690 g/mol. The SMILES string of the molecule is O=C(/C(=C\c1ccc(I)cc1)CCc1ccc(I)cc1)c1ccc(I)cc1. The molecule has 0 bridgehead atoms. The van der Waals surface area contributed by atoms with E-state index in [1.54, 1.807) is 0 Å². The first-order valence-electron chi connectivity index (χ1n) is 8.52. The Morgan fingerprint density at radius 3 is 1.74 bits per heavy atom. The number of hydrogen-bond donors (Lipinski definition) is 0. The number of aryl methyl sites for hydroxylation is 1. The topological polar surface area (TPSA) is 17.1 Å². The lowest BCUT2D eigenvalue weighted by Crippen LogP contribution is -2.05. The summed E-state index contributed by atoms with van der Waals surface area (Å²) >= 11 is 6.86. The van der Waals surface area contributed by atoms with Gasteiger partial charge in [-0.3, -0.25) is 4.79 Å². The molecule has 0 N–H and O–H groups in total. The maximum Gasteiger partial charge on any atom is 0.189 e. The molecule has 3 aromatic rings. The minimum atomic E-state index is 0.107. The van der Waals surface area contributed by atoms with Crippen molar-refractivity contribution in [1.29, 1.82) is 0 Å². The summed E-state index contributed by atoms with van der Waals surface area (Å²) in [4.78, 5) is 13.1. The van der Waals surface area contributed by atoms with Crippen LogP contribution in [0.5, 0.6) is 0 Å². The number of carbonyl (C=O) groups excluding carboxylic acids is 1. The third-order valence-corrected chi connectivity index (χ3v) is 6.36. The second-order valence-corrected chi connectivity index (χ2v) is 9.92. The number of hydrogen-bond acceptors (Lipinski definition) is 1. The molecule has 1 nitrogen and oxygen atoms in total. The molecular formula is C23H17I3O. The standard InChI is InChI=1S/C23H17I3O/c24-20-9-2-16(3-10-20)1-6-19(15-17-4-11-21(25)12-5-17)23(27)18-7-13-22(26)14-8-18/h2-5,7-15H,1,6H2/b19-15-. The van der Waals surface area contributed by atoms with Crippen LogP contribution < -0.4 is 0 Å². The molecule has 0 aliphatic carbocycles. The van der Waals surface area contributed by atoms with E-state index in [0.717, 1.165) is 33.1 Å². The van der Waals surface area contributed by atoms with Gasteiger partial charge >= 0.3 is 0 Å². The summed E-state index contributed by atoms with van der Waals surface area (Å²) < 4.78 is 3.54. The molecule has 0 heterocycles. The van der Waals surface area contributed by atoms with E-state index >= 15 is 0 Å². The number of Topliss-reactive ketones (excluding diaryl/α,β-unsaturated/α-hetero) is 1. The van der Waals surface area contributed by atoms with Gasteiger partial charge in [0, 0.05) is 21.8 Å². The Kier molecular flexibility index (Phi) is 7.89. The van der Waals surface area contributed by atoms with Gasteiger partial charge in [-0.15, -0.1) is 0 Å². The normalized spacial score (nSPS) is 11.4. The molecule has 0 aliphatic rings. The van der Waals surface area contributed by atoms with Gasteiger partial charge in [0.25, 0.3) is 0 Å². The van der Waals surface area contributed by atoms with Gasteiger partial charge in [0.1, 0.15) is 0 Å². The van der Waals surface area contributed by atoms with Crippen molar-refractivity contribution in [3.05, 3.63) is 106 Å². The van der Waals surface area contributed by atoms with Crippen LogP contribution in [0.3, 0.4) is 0 Å². The average Bonchev–Trinajstić information content (AvgIpc) is 2.68. The van der Waals surface area contributed by atoms with Crippen LogP contribution in [0.15, 0.2) is 78.4 Å². The quantitative estimate of drug-likeness (QED) is 0.150. The van der Waals surface area contributed by atoms with E-state index in [0.29, 0.717) is 0 Å². The molecule has 0 fully saturated rings. The van der Waals surface area contributed by atoms with Gasteiger partial charge in [-0.1, -0.05) is 36.4 Å². The molecule has 4 heteroatoms. The smallest absolute Gasteiger partial charge is 0.189 e. The van der Waals surface area contributed by atoms with Crippen LogP contribution in [0.2, 0.25) is 0 Å². The van der Waals surface area contributed by atoms with Crippen molar-refractivity contribution in [2.45, 2.75) is 12.8 Å². The van der Waals surface area contributed by atoms with Gasteiger partial charge in [0.15, 0.2) is 5.78 Å². The summed E-state index contributed by atoms with van der Waals surface area (Å²) in [6, 6.07) is 24.6. The number of allylic oxidation sites excluding steroid dienone is 1. The van der Waals surface area contributed by atoms with Gasteiger partial charge in [-0.05, 0) is 134 Å². The lowest BCUT2D eigenvalue weighted by atomic mass is 9.95. The van der Waals surface area contributed by atoms with Crippen molar-refractivity contribution in [1.82, 2.24) is 0 Å². The highest BCUT2D eigenvalue weighted by Crippen LogP contribution is 2.20. The zero-order valence-electron chi connectivity index (χ0n) is 14.5. The van der Waals surface area contributed by atoms with Gasteiger partial charge in [0.05, 0.1) is 0 Å². The van der Waals surface area contributed by atoms with Crippen LogP contribution in [0.4, 0.5) is 0 Å². The highest BCUT2D eigenvalue weighted by molar-refractivity contribution is 14.1. The number of ketones is 1. The largest absolute Gasteiger partial charge is 0.289 e. The zero-order chi connectivity index (χ0) is 19.2. The second-order valence-electron chi connectivity index (χ2n) is 6.18. The van der Waals surface area contributed by atoms with Crippen molar-refractivity contribution >= 4 is 79.6 Å². The summed E-state index contributed by atoms with van der Waals surface area (Å²) in [7, 11) is 0. The minimum absolute atomic E-state index is 0.107. The van der Waals surface area contributed by atoms with Gasteiger partial charge in [-0.25, -0.2) is 0 Å². The van der Waals surface area contributed by atoms with Crippen molar-refractivity contribution in [3.63, 3.8) is 0 Å². The Bertz CT molecular complexity index is 940. The highest BCUT2D eigenvalue weighted by Gasteiger charge is 2.13. The summed E-state index contributed by atoms with van der Waals surface area (Å²) in [5.41, 5.74) is 3.90. The molecule has 0 unspecified atom stereocenters. The second kappa shape index (κ2) is 10.2. The van der Waals surface area contributed by atoms with Crippen LogP contribution in [-0.2, 0) is 6.42 Å². The predicted octanol–water partition coefficient (Wildman–Crippen LogP) is 7.40. The molecular weight excluding hydrogens is 673 g/mol. The van der Waals surface area contributed by atoms with Crippen molar-refractivity contribution in [2.75, 3.05) is 0 Å². The third-order valence-electron chi connectivity index (χ3n) is 4.21. The van der Waals surface area contributed by atoms with E-state index in [2.05, 4.69) is 116 Å². The summed E-state index contributed by atoms with van der Waals surface area (Å²) in [6.07, 6.45) is 3.60. The van der Waals surface area contributed by atoms with E-state index in [-0.39, 0.29) is 5.78 Å². The first kappa shape index (κ1) is 21.0. The molecule has 0 saturated heterocycles. The van der Waals surface area contributed by atoms with Gasteiger partial charge in [0.2, 0.25) is 0 Å². The third kappa shape index (κ3) is 6.39. The summed E-state index contributed by atoms with van der Waals surface area (Å²) in [5, 5.41) is 0. The van der Waals surface area contributed by atoms with E-state index in [1.165, 1.54) is 12.7 Å². The van der Waals surface area contributed by atoms with Crippen LogP contribution in [0.25, 0.3) is 6.08 Å². The predicted molar refractivity (Wildman–Crippen MR) is 138 cm³/mol. The zero-order valence-corrected chi connectivity index (χ0v) is 20.9. The fourth-order valence-electron chi connectivity index (χ4n) is 2.73. The number of carbonyl (C=O) groups is 1. The molecule has 136 valence electrons. The van der Waals surface area contributed by atoms with Gasteiger partial charge < -0.3 is 0 Å². The van der Waals surface area contributed by atoms with Crippen molar-refractivity contribution in [3.8, 4) is 0 Å². The molecule has 3 rings (SSSR count). The van der Waals surface area contributed by atoms with E-state index in [9.17, 15) is 4.79 Å². The molecule has 27 heavy (non-hydrogen) atoms. The first-order valence-corrected chi connectivity index (χ1v) is 11.8. The van der Waals surface area contributed by atoms with Crippen LogP contribution in [0.1, 0.15) is 27.9 Å². The molecule has 0 aliphatic heterocycles. The van der Waals surface area contributed by atoms with Gasteiger partial charge in [-0.2, -0.15) is 0 Å². The molecule has 0 aromatic heterocycles. The number of rotatable bonds is 6. The molecule has 0 atom stereocenters. The van der Waals surface area contributed by atoms with Crippen molar-refractivity contribution in [2.24, 2.45) is 0 Å². The fourth-order valence-corrected chi connectivity index (χ4v) is 3.81. The average molecular weight is 690 g/mol. The molecule has 0 radical (unpaired) electrons. The maximum absolute atomic E-state index is 13.1. The molecule has 3 aromatic carbocycles. The maximum atomic E-state index is 13.1. The first-order chi connectivity index (χ1) is 13.0. The van der Waals surface area contributed by atoms with Crippen LogP contribution >= 0.6 is 67.8 Å². The summed E-state index contributed by atoms with van der Waals surface area (Å²) in [5.74, 6) is 0.107. The lowest BCUT2D eigenvalue weighted by molar-refractivity contribution is 0.103. The van der Waals surface area contributed by atoms with E-state index in [1.807, 2.05) is 30.3 Å². The van der Waals surface area contributed by atoms with Crippen molar-refractivity contribution < 1.29 is 4.79 Å². The summed E-state index contributed by atoms with van der Waals surface area (Å²) in [6.45, 7) is 0. The van der Waals surface area contributed by atoms with E-state index < -0.39 is 0 Å². The van der Waals surface area contributed by atoms with Crippen LogP contribution in [-0.4, -0.2) is 5.78 Å².